The largest absolute Gasteiger partial charge is 0.398 e. The molecule has 0 saturated heterocycles. The number of rotatable bonds is 7. The Bertz CT molecular complexity index is 679. The molecule has 0 radical (unpaired) electrons. The first kappa shape index (κ1) is 16.0. The second kappa shape index (κ2) is 7.59. The molecule has 1 amide bonds. The van der Waals surface area contributed by atoms with Crippen LogP contribution in [0.1, 0.15) is 42.2 Å². The zero-order valence-electron chi connectivity index (χ0n) is 13.1. The lowest BCUT2D eigenvalue weighted by Crippen LogP contribution is -2.24. The number of amides is 1. The molecule has 0 fully saturated rings. The number of hydrogen-bond donors (Lipinski definition) is 2. The van der Waals surface area contributed by atoms with Gasteiger partial charge in [-0.2, -0.15) is 0 Å². The highest BCUT2D eigenvalue weighted by Crippen LogP contribution is 2.25. The first-order valence-electron chi connectivity index (χ1n) is 7.74. The Kier molecular flexibility index (Phi) is 5.53. The third-order valence-corrected chi connectivity index (χ3v) is 3.64. The van der Waals surface area contributed by atoms with E-state index < -0.39 is 0 Å². The molecule has 0 bridgehead atoms. The van der Waals surface area contributed by atoms with Gasteiger partial charge in [0.1, 0.15) is 5.69 Å². The molecule has 0 spiro atoms. The van der Waals surface area contributed by atoms with Gasteiger partial charge in [-0.25, -0.2) is 4.98 Å². The number of aryl methyl sites for hydroxylation is 1. The van der Waals surface area contributed by atoms with Crippen molar-refractivity contribution in [3.63, 3.8) is 0 Å². The van der Waals surface area contributed by atoms with E-state index in [0.717, 1.165) is 29.3 Å². The number of carbonyl (C=O) groups excluding carboxylic acids is 1. The van der Waals surface area contributed by atoms with Gasteiger partial charge in [-0.3, -0.25) is 4.79 Å². The Morgan fingerprint density at radius 3 is 2.95 bits per heavy atom. The molecule has 1 aromatic heterocycles. The quantitative estimate of drug-likeness (QED) is 0.607. The number of hydrogen-bond acceptors (Lipinski definition) is 3. The van der Waals surface area contributed by atoms with Gasteiger partial charge < -0.3 is 11.1 Å². The minimum atomic E-state index is -0.225. The summed E-state index contributed by atoms with van der Waals surface area (Å²) < 4.78 is 0. The van der Waals surface area contributed by atoms with E-state index in [9.17, 15) is 4.79 Å². The summed E-state index contributed by atoms with van der Waals surface area (Å²) >= 11 is 0. The van der Waals surface area contributed by atoms with Crippen LogP contribution in [0.5, 0.6) is 0 Å². The van der Waals surface area contributed by atoms with Crippen LogP contribution in [0.4, 0.5) is 5.69 Å². The summed E-state index contributed by atoms with van der Waals surface area (Å²) in [5.41, 5.74) is 9.04. The predicted octanol–water partition coefficient (Wildman–Crippen LogP) is 3.47. The fourth-order valence-electron chi connectivity index (χ4n) is 2.47. The summed E-state index contributed by atoms with van der Waals surface area (Å²) in [7, 11) is 0. The highest BCUT2D eigenvalue weighted by Gasteiger charge is 2.12. The van der Waals surface area contributed by atoms with Gasteiger partial charge in [0.2, 0.25) is 0 Å². The van der Waals surface area contributed by atoms with E-state index in [1.807, 2.05) is 12.1 Å². The topological polar surface area (TPSA) is 68.0 Å². The van der Waals surface area contributed by atoms with Gasteiger partial charge in [-0.15, -0.1) is 6.58 Å². The average Bonchev–Trinajstić information content (AvgIpc) is 2.53. The maximum absolute atomic E-state index is 12.1. The van der Waals surface area contributed by atoms with Crippen LogP contribution in [0, 0.1) is 0 Å². The fourth-order valence-corrected chi connectivity index (χ4v) is 2.47. The number of nitrogens with two attached hydrogens (primary N) is 1. The van der Waals surface area contributed by atoms with Crippen LogP contribution < -0.4 is 11.1 Å². The Hall–Kier alpha value is -2.36. The van der Waals surface area contributed by atoms with Crippen LogP contribution in [0.15, 0.2) is 36.9 Å². The van der Waals surface area contributed by atoms with Crippen LogP contribution >= 0.6 is 0 Å². The molecule has 0 aliphatic heterocycles. The number of unbranched alkanes of at least 4 members (excludes halogenated alkanes) is 2. The van der Waals surface area contributed by atoms with Gasteiger partial charge >= 0.3 is 0 Å². The molecule has 2 aromatic rings. The summed E-state index contributed by atoms with van der Waals surface area (Å²) in [4.78, 5) is 16.6. The number of nitrogens with zero attached hydrogens (tertiary/aromatic N) is 1. The van der Waals surface area contributed by atoms with E-state index in [1.165, 1.54) is 12.8 Å². The third kappa shape index (κ3) is 3.64. The van der Waals surface area contributed by atoms with Gasteiger partial charge in [0.05, 0.1) is 5.52 Å². The molecule has 0 aliphatic carbocycles. The third-order valence-electron chi connectivity index (χ3n) is 3.64. The molecule has 0 saturated carbocycles. The smallest absolute Gasteiger partial charge is 0.270 e. The van der Waals surface area contributed by atoms with Gasteiger partial charge in [-0.1, -0.05) is 44.0 Å². The monoisotopic (exact) mass is 297 g/mol. The van der Waals surface area contributed by atoms with E-state index in [-0.39, 0.29) is 5.91 Å². The number of pyridine rings is 1. The van der Waals surface area contributed by atoms with Crippen molar-refractivity contribution in [1.82, 2.24) is 10.3 Å². The van der Waals surface area contributed by atoms with E-state index in [0.29, 0.717) is 17.9 Å². The average molecular weight is 297 g/mol. The molecular formula is C18H23N3O. The molecule has 1 aromatic carbocycles. The summed E-state index contributed by atoms with van der Waals surface area (Å²) in [5.74, 6) is -0.225. The van der Waals surface area contributed by atoms with Crippen molar-refractivity contribution in [3.05, 3.63) is 48.2 Å². The number of nitrogen functional groups attached to an aromatic ring is 1. The fraction of sp³-hybridized carbons (Fsp3) is 0.333. The maximum atomic E-state index is 12.1. The molecule has 1 heterocycles. The van der Waals surface area contributed by atoms with Crippen LogP contribution in [-0.2, 0) is 6.42 Å². The number of nitrogens with one attached hydrogen (secondary N) is 1. The van der Waals surface area contributed by atoms with Crippen LogP contribution in [0.25, 0.3) is 10.9 Å². The Morgan fingerprint density at radius 1 is 1.41 bits per heavy atom. The summed E-state index contributed by atoms with van der Waals surface area (Å²) in [6.45, 7) is 6.19. The molecule has 0 atom stereocenters. The van der Waals surface area contributed by atoms with Crippen LogP contribution in [0.2, 0.25) is 0 Å². The Morgan fingerprint density at radius 2 is 2.23 bits per heavy atom. The zero-order valence-corrected chi connectivity index (χ0v) is 13.1. The first-order valence-corrected chi connectivity index (χ1v) is 7.74. The van der Waals surface area contributed by atoms with Crippen molar-refractivity contribution in [2.24, 2.45) is 0 Å². The van der Waals surface area contributed by atoms with E-state index >= 15 is 0 Å². The van der Waals surface area contributed by atoms with Crippen molar-refractivity contribution in [2.45, 2.75) is 32.6 Å². The van der Waals surface area contributed by atoms with Crippen LogP contribution in [-0.4, -0.2) is 17.4 Å². The Balaban J connectivity index is 2.39. The van der Waals surface area contributed by atoms with Crippen molar-refractivity contribution in [3.8, 4) is 0 Å². The minimum absolute atomic E-state index is 0.225. The lowest BCUT2D eigenvalue weighted by molar-refractivity contribution is 0.0953. The second-order valence-electron chi connectivity index (χ2n) is 5.37. The molecule has 2 rings (SSSR count). The van der Waals surface area contributed by atoms with Gasteiger partial charge in [0.25, 0.3) is 5.91 Å². The predicted molar refractivity (Wildman–Crippen MR) is 91.9 cm³/mol. The van der Waals surface area contributed by atoms with Gasteiger partial charge in [0, 0.05) is 17.6 Å². The first-order chi connectivity index (χ1) is 10.7. The number of anilines is 1. The van der Waals surface area contributed by atoms with Crippen molar-refractivity contribution < 1.29 is 4.79 Å². The molecule has 0 aliphatic rings. The minimum Gasteiger partial charge on any atom is -0.398 e. The molecule has 3 N–H and O–H groups in total. The molecule has 22 heavy (non-hydrogen) atoms. The Labute approximate surface area is 131 Å². The number of aromatic nitrogens is 1. The number of fused-ring (bicyclic) bond motifs is 1. The highest BCUT2D eigenvalue weighted by atomic mass is 16.1. The normalized spacial score (nSPS) is 10.6. The molecule has 0 unspecified atom stereocenters. The summed E-state index contributed by atoms with van der Waals surface area (Å²) in [6, 6.07) is 7.65. The number of carbonyl (C=O) groups is 1. The lowest BCUT2D eigenvalue weighted by atomic mass is 10.0. The van der Waals surface area contributed by atoms with Gasteiger partial charge in [0.15, 0.2) is 0 Å². The SMILES string of the molecule is C=CCNC(=O)c1cc(N)c2cccc(CCCCC)c2n1. The van der Waals surface area contributed by atoms with E-state index in [4.69, 9.17) is 5.73 Å². The van der Waals surface area contributed by atoms with Crippen molar-refractivity contribution in [1.29, 1.82) is 0 Å². The number of para-hydroxylation sites is 1. The molecular weight excluding hydrogens is 274 g/mol. The summed E-state index contributed by atoms with van der Waals surface area (Å²) in [6.07, 6.45) is 6.07. The summed E-state index contributed by atoms with van der Waals surface area (Å²) in [5, 5.41) is 3.65. The molecule has 4 nitrogen and oxygen atoms in total. The van der Waals surface area contributed by atoms with Crippen molar-refractivity contribution in [2.75, 3.05) is 12.3 Å². The van der Waals surface area contributed by atoms with Crippen LogP contribution in [0.3, 0.4) is 0 Å². The van der Waals surface area contributed by atoms with Crippen molar-refractivity contribution >= 4 is 22.5 Å². The maximum Gasteiger partial charge on any atom is 0.270 e. The highest BCUT2D eigenvalue weighted by molar-refractivity contribution is 6.00. The second-order valence-corrected chi connectivity index (χ2v) is 5.37. The van der Waals surface area contributed by atoms with E-state index in [1.54, 1.807) is 12.1 Å². The van der Waals surface area contributed by atoms with E-state index in [2.05, 4.69) is 29.9 Å². The standard InChI is InChI=1S/C18H23N3O/c1-3-5-6-8-13-9-7-10-14-15(19)12-16(21-17(13)14)18(22)20-11-4-2/h4,7,9-10,12H,2-3,5-6,8,11H2,1H3,(H2,19,21)(H,20,22). The zero-order chi connectivity index (χ0) is 15.9. The lowest BCUT2D eigenvalue weighted by Gasteiger charge is -2.10. The van der Waals surface area contributed by atoms with Gasteiger partial charge in [-0.05, 0) is 24.5 Å². The molecule has 4 heteroatoms. The number of benzene rings is 1. The molecule has 116 valence electrons.